The van der Waals surface area contributed by atoms with Gasteiger partial charge in [-0.25, -0.2) is 9.97 Å². The number of benzene rings is 2. The number of hydrogen-bond donors (Lipinski definition) is 1. The highest BCUT2D eigenvalue weighted by molar-refractivity contribution is 7.99. The summed E-state index contributed by atoms with van der Waals surface area (Å²) < 4.78 is 1.70. The molecule has 0 fully saturated rings. The number of H-pyrrole nitrogens is 1. The molecule has 3 heterocycles. The van der Waals surface area contributed by atoms with E-state index in [2.05, 4.69) is 18.8 Å². The number of para-hydroxylation sites is 2. The molecule has 5 rings (SSSR count). The molecule has 0 saturated carbocycles. The standard InChI is InChI=1S/C27H26N4O2S2/c1-14(2)18-10-7-9-13-21(18)31-26(33)19-11-6-8-12-20(19)28-27(31)35-17(5)23-29-24(32)22-15(3)16(4)34-25(22)30-23/h6-14,17H,1-5H3,(H,29,30,32)/t17-/m1/s1. The molecule has 1 atom stereocenters. The fourth-order valence-corrected chi connectivity index (χ4v) is 6.28. The van der Waals surface area contributed by atoms with Crippen LogP contribution in [-0.4, -0.2) is 19.5 Å². The Morgan fingerprint density at radius 1 is 0.971 bits per heavy atom. The van der Waals surface area contributed by atoms with Crippen molar-refractivity contribution in [2.75, 3.05) is 0 Å². The fraction of sp³-hybridized carbons (Fsp3) is 0.259. The Morgan fingerprint density at radius 3 is 2.46 bits per heavy atom. The number of aromatic nitrogens is 4. The zero-order chi connectivity index (χ0) is 24.9. The molecule has 0 aliphatic rings. The predicted molar refractivity (Wildman–Crippen MR) is 145 cm³/mol. The highest BCUT2D eigenvalue weighted by atomic mass is 32.2. The smallest absolute Gasteiger partial charge is 0.266 e. The number of thiophene rings is 1. The zero-order valence-electron chi connectivity index (χ0n) is 20.2. The Balaban J connectivity index is 1.68. The lowest BCUT2D eigenvalue weighted by atomic mass is 10.0. The molecule has 2 aromatic carbocycles. The molecule has 3 aromatic heterocycles. The summed E-state index contributed by atoms with van der Waals surface area (Å²) in [5.74, 6) is 0.797. The van der Waals surface area contributed by atoms with E-state index in [0.29, 0.717) is 27.3 Å². The van der Waals surface area contributed by atoms with Crippen LogP contribution in [0.25, 0.3) is 26.8 Å². The normalized spacial score (nSPS) is 12.6. The summed E-state index contributed by atoms with van der Waals surface area (Å²) in [6, 6.07) is 15.3. The quantitative estimate of drug-likeness (QED) is 0.226. The molecule has 0 aliphatic carbocycles. The highest BCUT2D eigenvalue weighted by Gasteiger charge is 2.21. The van der Waals surface area contributed by atoms with Crippen LogP contribution in [0, 0.1) is 13.8 Å². The molecule has 0 bridgehead atoms. The lowest BCUT2D eigenvalue weighted by Gasteiger charge is -2.19. The third kappa shape index (κ3) is 4.10. The van der Waals surface area contributed by atoms with Gasteiger partial charge in [0.25, 0.3) is 11.1 Å². The van der Waals surface area contributed by atoms with Gasteiger partial charge in [-0.15, -0.1) is 11.3 Å². The van der Waals surface area contributed by atoms with Crippen molar-refractivity contribution >= 4 is 44.2 Å². The van der Waals surface area contributed by atoms with Crippen LogP contribution in [0.3, 0.4) is 0 Å². The molecule has 6 nitrogen and oxygen atoms in total. The first-order valence-electron chi connectivity index (χ1n) is 11.5. The third-order valence-electron chi connectivity index (χ3n) is 6.27. The van der Waals surface area contributed by atoms with E-state index in [9.17, 15) is 9.59 Å². The van der Waals surface area contributed by atoms with Gasteiger partial charge in [-0.2, -0.15) is 0 Å². The van der Waals surface area contributed by atoms with Crippen molar-refractivity contribution in [3.63, 3.8) is 0 Å². The van der Waals surface area contributed by atoms with E-state index in [0.717, 1.165) is 26.5 Å². The van der Waals surface area contributed by atoms with Gasteiger partial charge in [0.05, 0.1) is 27.2 Å². The Labute approximate surface area is 211 Å². The van der Waals surface area contributed by atoms with E-state index < -0.39 is 0 Å². The monoisotopic (exact) mass is 502 g/mol. The first-order chi connectivity index (χ1) is 16.8. The second-order valence-electron chi connectivity index (χ2n) is 8.94. The van der Waals surface area contributed by atoms with Gasteiger partial charge in [0.2, 0.25) is 0 Å². The minimum atomic E-state index is -0.236. The topological polar surface area (TPSA) is 80.6 Å². The molecule has 0 radical (unpaired) electrons. The summed E-state index contributed by atoms with van der Waals surface area (Å²) in [7, 11) is 0. The Bertz CT molecular complexity index is 1700. The van der Waals surface area contributed by atoms with E-state index >= 15 is 0 Å². The lowest BCUT2D eigenvalue weighted by molar-refractivity contribution is 0.776. The van der Waals surface area contributed by atoms with Crippen LogP contribution in [0.15, 0.2) is 63.3 Å². The number of aryl methyl sites for hydroxylation is 2. The maximum atomic E-state index is 13.7. The summed E-state index contributed by atoms with van der Waals surface area (Å²) in [6.45, 7) is 10.2. The number of nitrogens with zero attached hydrogens (tertiary/aromatic N) is 3. The van der Waals surface area contributed by atoms with Crippen molar-refractivity contribution in [1.82, 2.24) is 19.5 Å². The summed E-state index contributed by atoms with van der Waals surface area (Å²) in [5.41, 5.74) is 3.27. The van der Waals surface area contributed by atoms with Crippen LogP contribution in [0.5, 0.6) is 0 Å². The number of nitrogens with one attached hydrogen (secondary N) is 1. The van der Waals surface area contributed by atoms with Crippen LogP contribution < -0.4 is 11.1 Å². The maximum absolute atomic E-state index is 13.7. The maximum Gasteiger partial charge on any atom is 0.266 e. The summed E-state index contributed by atoms with van der Waals surface area (Å²) in [5, 5.41) is 1.55. The average molecular weight is 503 g/mol. The predicted octanol–water partition coefficient (Wildman–Crippen LogP) is 6.28. The molecule has 178 valence electrons. The van der Waals surface area contributed by atoms with Gasteiger partial charge in [-0.1, -0.05) is 55.9 Å². The Hall–Kier alpha value is -3.23. The minimum Gasteiger partial charge on any atom is -0.309 e. The Morgan fingerprint density at radius 2 is 1.69 bits per heavy atom. The number of hydrogen-bond acceptors (Lipinski definition) is 6. The second kappa shape index (κ2) is 9.09. The number of fused-ring (bicyclic) bond motifs is 2. The molecule has 5 aromatic rings. The second-order valence-corrected chi connectivity index (χ2v) is 11.5. The first kappa shape index (κ1) is 23.5. The van der Waals surface area contributed by atoms with E-state index in [1.54, 1.807) is 4.57 Å². The van der Waals surface area contributed by atoms with Crippen molar-refractivity contribution in [3.05, 3.63) is 91.1 Å². The molecule has 35 heavy (non-hydrogen) atoms. The van der Waals surface area contributed by atoms with Gasteiger partial charge in [0.15, 0.2) is 5.16 Å². The third-order valence-corrected chi connectivity index (χ3v) is 8.43. The average Bonchev–Trinajstić information content (AvgIpc) is 3.13. The van der Waals surface area contributed by atoms with Crippen LogP contribution in [-0.2, 0) is 0 Å². The SMILES string of the molecule is Cc1sc2nc([C@@H](C)Sc3nc4ccccc4c(=O)n3-c3ccccc3C(C)C)[nH]c(=O)c2c1C. The van der Waals surface area contributed by atoms with Crippen molar-refractivity contribution in [1.29, 1.82) is 0 Å². The van der Waals surface area contributed by atoms with Gasteiger partial charge < -0.3 is 4.98 Å². The van der Waals surface area contributed by atoms with Gasteiger partial charge in [0.1, 0.15) is 10.7 Å². The van der Waals surface area contributed by atoms with Crippen LogP contribution in [0.4, 0.5) is 0 Å². The molecule has 0 spiro atoms. The minimum absolute atomic E-state index is 0.111. The zero-order valence-corrected chi connectivity index (χ0v) is 21.9. The molecule has 0 amide bonds. The van der Waals surface area contributed by atoms with E-state index in [1.807, 2.05) is 69.3 Å². The highest BCUT2D eigenvalue weighted by Crippen LogP contribution is 2.35. The van der Waals surface area contributed by atoms with Crippen LogP contribution in [0.2, 0.25) is 0 Å². The summed E-state index contributed by atoms with van der Waals surface area (Å²) in [6.07, 6.45) is 0. The molecular formula is C27H26N4O2S2. The van der Waals surface area contributed by atoms with Crippen molar-refractivity contribution < 1.29 is 0 Å². The Kier molecular flexibility index (Phi) is 6.11. The van der Waals surface area contributed by atoms with Crippen LogP contribution >= 0.6 is 23.1 Å². The molecule has 8 heteroatoms. The van der Waals surface area contributed by atoms with Gasteiger partial charge in [-0.05, 0) is 56.0 Å². The first-order valence-corrected chi connectivity index (χ1v) is 13.2. The molecule has 0 aliphatic heterocycles. The van der Waals surface area contributed by atoms with Gasteiger partial charge >= 0.3 is 0 Å². The van der Waals surface area contributed by atoms with Crippen LogP contribution in [0.1, 0.15) is 53.8 Å². The van der Waals surface area contributed by atoms with E-state index in [-0.39, 0.29) is 22.3 Å². The molecule has 0 unspecified atom stereocenters. The van der Waals surface area contributed by atoms with Crippen molar-refractivity contribution in [3.8, 4) is 5.69 Å². The number of thioether (sulfide) groups is 1. The van der Waals surface area contributed by atoms with E-state index in [4.69, 9.17) is 9.97 Å². The van der Waals surface area contributed by atoms with E-state index in [1.165, 1.54) is 23.1 Å². The number of rotatable bonds is 5. The molecular weight excluding hydrogens is 476 g/mol. The van der Waals surface area contributed by atoms with Crippen molar-refractivity contribution in [2.24, 2.45) is 0 Å². The number of aromatic amines is 1. The summed E-state index contributed by atoms with van der Waals surface area (Å²) in [4.78, 5) is 41.1. The van der Waals surface area contributed by atoms with Gasteiger partial charge in [0, 0.05) is 4.88 Å². The fourth-order valence-electron chi connectivity index (χ4n) is 4.26. The molecule has 1 N–H and O–H groups in total. The molecule has 0 saturated heterocycles. The van der Waals surface area contributed by atoms with Crippen molar-refractivity contribution in [2.45, 2.75) is 50.9 Å². The largest absolute Gasteiger partial charge is 0.309 e. The summed E-state index contributed by atoms with van der Waals surface area (Å²) >= 11 is 2.95. The lowest BCUT2D eigenvalue weighted by Crippen LogP contribution is -2.23. The van der Waals surface area contributed by atoms with Gasteiger partial charge in [-0.3, -0.25) is 14.2 Å².